The van der Waals surface area contributed by atoms with Crippen molar-refractivity contribution in [1.29, 1.82) is 0 Å². The first-order chi connectivity index (χ1) is 8.56. The Kier molecular flexibility index (Phi) is 3.93. The number of thiocarbonyl (C=S) groups is 1. The fraction of sp³-hybridized carbons (Fsp3) is 0.231. The van der Waals surface area contributed by atoms with Crippen LogP contribution in [0.4, 0.5) is 5.69 Å². The molecule has 0 spiro atoms. The van der Waals surface area contributed by atoms with E-state index >= 15 is 0 Å². The van der Waals surface area contributed by atoms with Gasteiger partial charge in [0, 0.05) is 22.3 Å². The van der Waals surface area contributed by atoms with Gasteiger partial charge in [0.2, 0.25) is 0 Å². The molecule has 1 heterocycles. The summed E-state index contributed by atoms with van der Waals surface area (Å²) in [7, 11) is 0. The topological polar surface area (TPSA) is 50.9 Å². The Hall–Kier alpha value is -1.46. The second kappa shape index (κ2) is 5.46. The predicted octanol–water partition coefficient (Wildman–Crippen LogP) is 3.01. The lowest BCUT2D eigenvalue weighted by molar-refractivity contribution is 1.07. The maximum atomic E-state index is 5.64. The lowest BCUT2D eigenvalue weighted by atomic mass is 10.1. The largest absolute Gasteiger partial charge is 0.389 e. The number of thiazole rings is 1. The minimum absolute atomic E-state index is 0.439. The molecule has 0 fully saturated rings. The number of nitrogens with two attached hydrogens (primary N) is 1. The van der Waals surface area contributed by atoms with Crippen LogP contribution in [0.2, 0.25) is 0 Å². The van der Waals surface area contributed by atoms with Gasteiger partial charge in [0.15, 0.2) is 0 Å². The van der Waals surface area contributed by atoms with Crippen molar-refractivity contribution in [1.82, 2.24) is 4.98 Å². The minimum Gasteiger partial charge on any atom is -0.389 e. The van der Waals surface area contributed by atoms with Gasteiger partial charge in [-0.1, -0.05) is 12.2 Å². The summed E-state index contributed by atoms with van der Waals surface area (Å²) in [6.07, 6.45) is 0. The van der Waals surface area contributed by atoms with E-state index in [1.54, 1.807) is 11.3 Å². The first-order valence-corrected chi connectivity index (χ1v) is 6.90. The molecule has 0 aliphatic heterocycles. The zero-order chi connectivity index (χ0) is 13.1. The van der Waals surface area contributed by atoms with E-state index in [1.807, 2.05) is 26.0 Å². The summed E-state index contributed by atoms with van der Waals surface area (Å²) in [4.78, 5) is 4.85. The van der Waals surface area contributed by atoms with Crippen LogP contribution >= 0.6 is 23.6 Å². The molecule has 1 aromatic carbocycles. The molecule has 0 saturated heterocycles. The molecule has 0 unspecified atom stereocenters. The number of hydrogen-bond donors (Lipinski definition) is 2. The standard InChI is InChI=1S/C13H15N3S2/c1-8-5-10(3-4-11(8)13(14)17)15-6-12-16-9(2)7-18-12/h3-5,7,15H,6H2,1-2H3,(H2,14,17). The highest BCUT2D eigenvalue weighted by Gasteiger charge is 2.03. The van der Waals surface area contributed by atoms with Crippen LogP contribution < -0.4 is 11.1 Å². The molecule has 94 valence electrons. The molecule has 0 amide bonds. The van der Waals surface area contributed by atoms with Crippen LogP contribution in [-0.2, 0) is 6.54 Å². The van der Waals surface area contributed by atoms with Gasteiger partial charge >= 0.3 is 0 Å². The summed E-state index contributed by atoms with van der Waals surface area (Å²) >= 11 is 6.65. The van der Waals surface area contributed by atoms with E-state index in [0.717, 1.165) is 34.1 Å². The summed E-state index contributed by atoms with van der Waals surface area (Å²) in [6.45, 7) is 4.75. The summed E-state index contributed by atoms with van der Waals surface area (Å²) in [6, 6.07) is 5.99. The molecule has 0 aliphatic rings. The van der Waals surface area contributed by atoms with Gasteiger partial charge in [-0.05, 0) is 37.6 Å². The predicted molar refractivity (Wildman–Crippen MR) is 81.2 cm³/mol. The number of benzene rings is 1. The Bertz CT molecular complexity index is 575. The normalized spacial score (nSPS) is 10.3. The van der Waals surface area contributed by atoms with Gasteiger partial charge in [0.1, 0.15) is 10.00 Å². The highest BCUT2D eigenvalue weighted by molar-refractivity contribution is 7.80. The van der Waals surface area contributed by atoms with E-state index in [1.165, 1.54) is 0 Å². The van der Waals surface area contributed by atoms with Crippen molar-refractivity contribution in [3.63, 3.8) is 0 Å². The van der Waals surface area contributed by atoms with Gasteiger partial charge in [-0.2, -0.15) is 0 Å². The smallest absolute Gasteiger partial charge is 0.112 e. The monoisotopic (exact) mass is 277 g/mol. The maximum Gasteiger partial charge on any atom is 0.112 e. The average molecular weight is 277 g/mol. The van der Waals surface area contributed by atoms with Crippen LogP contribution in [-0.4, -0.2) is 9.97 Å². The Morgan fingerprint density at radius 2 is 2.22 bits per heavy atom. The molecule has 3 N–H and O–H groups in total. The van der Waals surface area contributed by atoms with E-state index in [0.29, 0.717) is 4.99 Å². The van der Waals surface area contributed by atoms with Gasteiger partial charge in [-0.15, -0.1) is 11.3 Å². The number of nitrogens with one attached hydrogen (secondary N) is 1. The summed E-state index contributed by atoms with van der Waals surface area (Å²) in [5.41, 5.74) is 9.77. The highest BCUT2D eigenvalue weighted by Crippen LogP contribution is 2.17. The lowest BCUT2D eigenvalue weighted by Gasteiger charge is -2.08. The van der Waals surface area contributed by atoms with Crippen LogP contribution in [0.15, 0.2) is 23.6 Å². The second-order valence-electron chi connectivity index (χ2n) is 4.13. The average Bonchev–Trinajstić information content (AvgIpc) is 2.72. The van der Waals surface area contributed by atoms with Crippen LogP contribution in [0.3, 0.4) is 0 Å². The molecule has 5 heteroatoms. The Morgan fingerprint density at radius 1 is 1.44 bits per heavy atom. The number of nitrogens with zero attached hydrogens (tertiary/aromatic N) is 1. The molecule has 18 heavy (non-hydrogen) atoms. The molecule has 0 atom stereocenters. The summed E-state index contributed by atoms with van der Waals surface area (Å²) in [5.74, 6) is 0. The quantitative estimate of drug-likeness (QED) is 0.844. The van der Waals surface area contributed by atoms with Crippen LogP contribution in [0.25, 0.3) is 0 Å². The Morgan fingerprint density at radius 3 is 2.78 bits per heavy atom. The van der Waals surface area contributed by atoms with Crippen LogP contribution in [0.1, 0.15) is 21.8 Å². The van der Waals surface area contributed by atoms with E-state index in [-0.39, 0.29) is 0 Å². The third-order valence-electron chi connectivity index (χ3n) is 2.60. The number of hydrogen-bond acceptors (Lipinski definition) is 4. The second-order valence-corrected chi connectivity index (χ2v) is 5.51. The number of anilines is 1. The van der Waals surface area contributed by atoms with Crippen molar-refractivity contribution >= 4 is 34.2 Å². The van der Waals surface area contributed by atoms with Crippen molar-refractivity contribution in [2.45, 2.75) is 20.4 Å². The maximum absolute atomic E-state index is 5.64. The number of aryl methyl sites for hydroxylation is 2. The van der Waals surface area contributed by atoms with E-state index in [4.69, 9.17) is 18.0 Å². The highest BCUT2D eigenvalue weighted by atomic mass is 32.1. The molecule has 2 aromatic rings. The molecule has 0 bridgehead atoms. The number of rotatable bonds is 4. The van der Waals surface area contributed by atoms with Crippen molar-refractivity contribution in [3.05, 3.63) is 45.4 Å². The van der Waals surface area contributed by atoms with Gasteiger partial charge in [0.25, 0.3) is 0 Å². The molecule has 0 radical (unpaired) electrons. The third-order valence-corrected chi connectivity index (χ3v) is 3.79. The molecular weight excluding hydrogens is 262 g/mol. The van der Waals surface area contributed by atoms with E-state index in [9.17, 15) is 0 Å². The SMILES string of the molecule is Cc1csc(CNc2ccc(C(N)=S)c(C)c2)n1. The number of aromatic nitrogens is 1. The van der Waals surface area contributed by atoms with Gasteiger partial charge < -0.3 is 11.1 Å². The fourth-order valence-electron chi connectivity index (χ4n) is 1.71. The summed E-state index contributed by atoms with van der Waals surface area (Å²) in [5, 5.41) is 6.49. The molecule has 3 nitrogen and oxygen atoms in total. The van der Waals surface area contributed by atoms with Gasteiger partial charge in [-0.25, -0.2) is 4.98 Å². The molecular formula is C13H15N3S2. The van der Waals surface area contributed by atoms with E-state index < -0.39 is 0 Å². The Labute approximate surface area is 116 Å². The van der Waals surface area contributed by atoms with Crippen LogP contribution in [0.5, 0.6) is 0 Å². The fourth-order valence-corrected chi connectivity index (χ4v) is 2.65. The first kappa shape index (κ1) is 13.0. The van der Waals surface area contributed by atoms with Crippen LogP contribution in [0, 0.1) is 13.8 Å². The molecule has 1 aromatic heterocycles. The Balaban J connectivity index is 2.06. The first-order valence-electron chi connectivity index (χ1n) is 5.61. The van der Waals surface area contributed by atoms with Crippen molar-refractivity contribution in [2.24, 2.45) is 5.73 Å². The van der Waals surface area contributed by atoms with E-state index in [2.05, 4.69) is 21.7 Å². The van der Waals surface area contributed by atoms with Gasteiger partial charge in [0.05, 0.1) is 6.54 Å². The van der Waals surface area contributed by atoms with Crippen molar-refractivity contribution in [2.75, 3.05) is 5.32 Å². The third kappa shape index (κ3) is 3.05. The van der Waals surface area contributed by atoms with Crippen molar-refractivity contribution < 1.29 is 0 Å². The minimum atomic E-state index is 0.439. The van der Waals surface area contributed by atoms with Gasteiger partial charge in [-0.3, -0.25) is 0 Å². The molecule has 2 rings (SSSR count). The molecule has 0 saturated carbocycles. The zero-order valence-electron chi connectivity index (χ0n) is 10.4. The summed E-state index contributed by atoms with van der Waals surface area (Å²) < 4.78 is 0. The molecule has 0 aliphatic carbocycles. The lowest BCUT2D eigenvalue weighted by Crippen LogP contribution is -2.11. The zero-order valence-corrected chi connectivity index (χ0v) is 12.0. The van der Waals surface area contributed by atoms with Crippen molar-refractivity contribution in [3.8, 4) is 0 Å².